The first kappa shape index (κ1) is 27.4. The second-order valence-corrected chi connectivity index (χ2v) is 9.31. The van der Waals surface area contributed by atoms with Gasteiger partial charge in [0.15, 0.2) is 5.82 Å². The molecule has 1 aliphatic rings. The van der Waals surface area contributed by atoms with Crippen LogP contribution in [0.2, 0.25) is 0 Å². The molecule has 0 atom stereocenters. The van der Waals surface area contributed by atoms with Crippen LogP contribution in [-0.2, 0) is 9.59 Å². The van der Waals surface area contributed by atoms with Gasteiger partial charge in [0, 0.05) is 50.7 Å². The van der Waals surface area contributed by atoms with E-state index in [4.69, 9.17) is 4.74 Å². The fourth-order valence-electron chi connectivity index (χ4n) is 4.29. The number of likely N-dealkylation sites (N-methyl/N-ethyl adjacent to an activating group) is 1. The minimum atomic E-state index is -0.134. The molecule has 36 heavy (non-hydrogen) atoms. The average Bonchev–Trinajstić information content (AvgIpc) is 2.92. The lowest BCUT2D eigenvalue weighted by atomic mass is 10.1. The van der Waals surface area contributed by atoms with Gasteiger partial charge < -0.3 is 24.3 Å². The summed E-state index contributed by atoms with van der Waals surface area (Å²) in [6, 6.07) is 11.7. The summed E-state index contributed by atoms with van der Waals surface area (Å²) >= 11 is 0. The molecule has 3 rings (SSSR count). The van der Waals surface area contributed by atoms with E-state index in [0.717, 1.165) is 42.5 Å². The molecule has 0 radical (unpaired) electrons. The van der Waals surface area contributed by atoms with Gasteiger partial charge in [-0.2, -0.15) is 0 Å². The molecule has 0 unspecified atom stereocenters. The van der Waals surface area contributed by atoms with E-state index in [9.17, 15) is 9.59 Å². The zero-order valence-electron chi connectivity index (χ0n) is 22.3. The van der Waals surface area contributed by atoms with Gasteiger partial charge in [-0.05, 0) is 49.5 Å². The zero-order valence-corrected chi connectivity index (χ0v) is 22.3. The lowest BCUT2D eigenvalue weighted by Gasteiger charge is -2.36. The van der Waals surface area contributed by atoms with E-state index in [1.807, 2.05) is 55.1 Å². The number of carbonyl (C=O) groups excluding carboxylic acids is 2. The number of piperazine rings is 1. The summed E-state index contributed by atoms with van der Waals surface area (Å²) in [5.74, 6) is 1.50. The first-order chi connectivity index (χ1) is 17.4. The van der Waals surface area contributed by atoms with Crippen molar-refractivity contribution in [1.29, 1.82) is 0 Å². The molecule has 2 heterocycles. The highest BCUT2D eigenvalue weighted by atomic mass is 16.5. The molecule has 1 fully saturated rings. The molecule has 0 bridgehead atoms. The number of amides is 2. The van der Waals surface area contributed by atoms with Crippen LogP contribution in [-0.4, -0.2) is 103 Å². The molecule has 0 spiro atoms. The number of carbonyl (C=O) groups is 2. The molecule has 0 N–H and O–H groups in total. The third kappa shape index (κ3) is 7.16. The van der Waals surface area contributed by atoms with Crippen molar-refractivity contribution in [3.8, 4) is 17.0 Å². The molecule has 196 valence electrons. The van der Waals surface area contributed by atoms with Crippen molar-refractivity contribution in [2.24, 2.45) is 5.92 Å². The summed E-state index contributed by atoms with van der Waals surface area (Å²) in [5.41, 5.74) is 1.78. The van der Waals surface area contributed by atoms with Gasteiger partial charge in [-0.15, -0.1) is 10.2 Å². The van der Waals surface area contributed by atoms with Gasteiger partial charge in [-0.25, -0.2) is 0 Å². The fraction of sp³-hybridized carbons (Fsp3) is 0.556. The predicted octanol–water partition coefficient (Wildman–Crippen LogP) is 2.63. The first-order valence-electron chi connectivity index (χ1n) is 12.9. The molecule has 1 aromatic heterocycles. The quantitative estimate of drug-likeness (QED) is 0.473. The molecular weight excluding hydrogens is 456 g/mol. The van der Waals surface area contributed by atoms with Crippen molar-refractivity contribution in [3.05, 3.63) is 36.4 Å². The van der Waals surface area contributed by atoms with E-state index < -0.39 is 0 Å². The lowest BCUT2D eigenvalue weighted by Crippen LogP contribution is -2.53. The van der Waals surface area contributed by atoms with Crippen LogP contribution in [0.3, 0.4) is 0 Å². The Balaban J connectivity index is 1.55. The van der Waals surface area contributed by atoms with Gasteiger partial charge in [0.1, 0.15) is 5.75 Å². The Labute approximate surface area is 215 Å². The SMILES string of the molecule is CCN(CC)CCN(CC(=O)N1CCN(c2ccc(-c3ccc(OC)cc3)nn2)CC1)C(=O)C(C)C. The normalized spacial score (nSPS) is 13.9. The minimum Gasteiger partial charge on any atom is -0.497 e. The third-order valence-corrected chi connectivity index (χ3v) is 6.70. The van der Waals surface area contributed by atoms with Crippen LogP contribution < -0.4 is 9.64 Å². The maximum Gasteiger partial charge on any atom is 0.242 e. The highest BCUT2D eigenvalue weighted by Gasteiger charge is 2.26. The zero-order chi connectivity index (χ0) is 26.1. The van der Waals surface area contributed by atoms with E-state index >= 15 is 0 Å². The maximum absolute atomic E-state index is 13.1. The first-order valence-corrected chi connectivity index (χ1v) is 12.9. The number of benzene rings is 1. The number of hydrogen-bond donors (Lipinski definition) is 0. The van der Waals surface area contributed by atoms with Crippen LogP contribution in [0.4, 0.5) is 5.82 Å². The average molecular weight is 497 g/mol. The van der Waals surface area contributed by atoms with Crippen LogP contribution >= 0.6 is 0 Å². The number of methoxy groups -OCH3 is 1. The third-order valence-electron chi connectivity index (χ3n) is 6.70. The highest BCUT2D eigenvalue weighted by molar-refractivity contribution is 5.85. The van der Waals surface area contributed by atoms with Crippen molar-refractivity contribution in [2.45, 2.75) is 27.7 Å². The largest absolute Gasteiger partial charge is 0.497 e. The Kier molecular flexibility index (Phi) is 10.0. The molecule has 1 saturated heterocycles. The standard InChI is InChI=1S/C27H40N6O3/c1-6-30(7-2)14-15-33(27(35)21(3)4)20-26(34)32-18-16-31(17-19-32)25-13-12-24(28-29-25)22-8-10-23(36-5)11-9-22/h8-13,21H,6-7,14-20H2,1-5H3. The lowest BCUT2D eigenvalue weighted by molar-refractivity contribution is -0.142. The van der Waals surface area contributed by atoms with E-state index in [1.54, 1.807) is 12.0 Å². The van der Waals surface area contributed by atoms with Gasteiger partial charge in [0.2, 0.25) is 11.8 Å². The van der Waals surface area contributed by atoms with E-state index in [1.165, 1.54) is 0 Å². The Morgan fingerprint density at radius 2 is 1.61 bits per heavy atom. The summed E-state index contributed by atoms with van der Waals surface area (Å²) in [4.78, 5) is 33.8. The van der Waals surface area contributed by atoms with Crippen molar-refractivity contribution in [2.75, 3.05) is 70.9 Å². The number of aromatic nitrogens is 2. The maximum atomic E-state index is 13.1. The van der Waals surface area contributed by atoms with Gasteiger partial charge in [-0.1, -0.05) is 27.7 Å². The monoisotopic (exact) mass is 496 g/mol. The molecule has 0 aliphatic carbocycles. The number of nitrogens with zero attached hydrogens (tertiary/aromatic N) is 6. The second kappa shape index (κ2) is 13.2. The molecule has 0 saturated carbocycles. The molecule has 1 aliphatic heterocycles. The number of anilines is 1. The summed E-state index contributed by atoms with van der Waals surface area (Å²) in [5, 5.41) is 8.82. The van der Waals surface area contributed by atoms with Gasteiger partial charge in [0.25, 0.3) is 0 Å². The molecule has 2 aromatic rings. The topological polar surface area (TPSA) is 82.1 Å². The summed E-state index contributed by atoms with van der Waals surface area (Å²) in [7, 11) is 1.64. The van der Waals surface area contributed by atoms with E-state index in [0.29, 0.717) is 32.7 Å². The van der Waals surface area contributed by atoms with E-state index in [-0.39, 0.29) is 24.3 Å². The Morgan fingerprint density at radius 1 is 0.944 bits per heavy atom. The fourth-order valence-corrected chi connectivity index (χ4v) is 4.29. The van der Waals surface area contributed by atoms with Gasteiger partial charge >= 0.3 is 0 Å². The predicted molar refractivity (Wildman–Crippen MR) is 142 cm³/mol. The molecule has 1 aromatic carbocycles. The smallest absolute Gasteiger partial charge is 0.242 e. The Morgan fingerprint density at radius 3 is 2.14 bits per heavy atom. The summed E-state index contributed by atoms with van der Waals surface area (Å²) in [6.45, 7) is 13.9. The number of hydrogen-bond acceptors (Lipinski definition) is 7. The van der Waals surface area contributed by atoms with Crippen LogP contribution in [0.25, 0.3) is 11.3 Å². The summed E-state index contributed by atoms with van der Waals surface area (Å²) < 4.78 is 5.21. The molecule has 9 nitrogen and oxygen atoms in total. The van der Waals surface area contributed by atoms with Crippen LogP contribution in [0.15, 0.2) is 36.4 Å². The summed E-state index contributed by atoms with van der Waals surface area (Å²) in [6.07, 6.45) is 0. The van der Waals surface area contributed by atoms with Crippen LogP contribution in [0, 0.1) is 5.92 Å². The van der Waals surface area contributed by atoms with Gasteiger partial charge in [-0.3, -0.25) is 9.59 Å². The molecule has 2 amide bonds. The van der Waals surface area contributed by atoms with Gasteiger partial charge in [0.05, 0.1) is 19.3 Å². The van der Waals surface area contributed by atoms with Crippen molar-refractivity contribution >= 4 is 17.6 Å². The molecule has 9 heteroatoms. The van der Waals surface area contributed by atoms with Crippen LogP contribution in [0.5, 0.6) is 5.75 Å². The Bertz CT molecular complexity index is 968. The van der Waals surface area contributed by atoms with E-state index in [2.05, 4.69) is 33.8 Å². The highest BCUT2D eigenvalue weighted by Crippen LogP contribution is 2.22. The van der Waals surface area contributed by atoms with Crippen LogP contribution in [0.1, 0.15) is 27.7 Å². The minimum absolute atomic E-state index is 0.00383. The number of rotatable bonds is 11. The molecular formula is C27H40N6O3. The number of ether oxygens (including phenoxy) is 1. The van der Waals surface area contributed by atoms with Crippen molar-refractivity contribution < 1.29 is 14.3 Å². The van der Waals surface area contributed by atoms with Crippen molar-refractivity contribution in [1.82, 2.24) is 24.9 Å². The Hall–Kier alpha value is -3.20. The van der Waals surface area contributed by atoms with Crippen molar-refractivity contribution in [3.63, 3.8) is 0 Å². The second-order valence-electron chi connectivity index (χ2n) is 9.31.